The van der Waals surface area contributed by atoms with E-state index in [1.807, 2.05) is 6.92 Å². The number of halogens is 2. The highest BCUT2D eigenvalue weighted by molar-refractivity contribution is 7.09. The van der Waals surface area contributed by atoms with Crippen molar-refractivity contribution in [2.45, 2.75) is 6.92 Å². The maximum atomic E-state index is 12.5. The average Bonchev–Trinajstić information content (AvgIpc) is 2.93. The summed E-state index contributed by atoms with van der Waals surface area (Å²) in [6, 6.07) is 4.95. The van der Waals surface area contributed by atoms with E-state index in [0.29, 0.717) is 28.7 Å². The maximum Gasteiger partial charge on any atom is 0.255 e. The fraction of sp³-hybridized carbons (Fsp3) is 0.357. The Hall–Kier alpha value is -1.37. The minimum absolute atomic E-state index is 0.0604. The van der Waals surface area contributed by atoms with Crippen molar-refractivity contribution in [2.24, 2.45) is 0 Å². The van der Waals surface area contributed by atoms with Gasteiger partial charge in [0.1, 0.15) is 5.82 Å². The first-order valence-corrected chi connectivity index (χ1v) is 8.37. The van der Waals surface area contributed by atoms with Gasteiger partial charge in [-0.05, 0) is 25.1 Å². The SMILES string of the molecule is Cc1nsc(N2CCN(C(=O)c3ccc(Cl)cc3Cl)CC2)n1. The summed E-state index contributed by atoms with van der Waals surface area (Å²) in [7, 11) is 0. The minimum Gasteiger partial charge on any atom is -0.343 e. The summed E-state index contributed by atoms with van der Waals surface area (Å²) in [4.78, 5) is 20.9. The molecule has 5 nitrogen and oxygen atoms in total. The number of anilines is 1. The summed E-state index contributed by atoms with van der Waals surface area (Å²) < 4.78 is 4.19. The molecule has 2 aromatic rings. The zero-order valence-electron chi connectivity index (χ0n) is 11.9. The highest BCUT2D eigenvalue weighted by Crippen LogP contribution is 2.24. The number of carbonyl (C=O) groups is 1. The Morgan fingerprint density at radius 2 is 1.95 bits per heavy atom. The zero-order valence-corrected chi connectivity index (χ0v) is 14.3. The second kappa shape index (κ2) is 6.40. The van der Waals surface area contributed by atoms with Crippen LogP contribution in [0.3, 0.4) is 0 Å². The fourth-order valence-corrected chi connectivity index (χ4v) is 3.56. The number of piperazine rings is 1. The molecular formula is C14H14Cl2N4OS. The molecule has 0 bridgehead atoms. The lowest BCUT2D eigenvalue weighted by Crippen LogP contribution is -2.48. The first kappa shape index (κ1) is 15.5. The highest BCUT2D eigenvalue weighted by Gasteiger charge is 2.25. The van der Waals surface area contributed by atoms with Gasteiger partial charge in [-0.2, -0.15) is 4.37 Å². The van der Waals surface area contributed by atoms with Crippen molar-refractivity contribution in [3.63, 3.8) is 0 Å². The molecule has 22 heavy (non-hydrogen) atoms. The number of rotatable bonds is 2. The third-order valence-electron chi connectivity index (χ3n) is 3.52. The summed E-state index contributed by atoms with van der Waals surface area (Å²) in [5.41, 5.74) is 0.492. The van der Waals surface area contributed by atoms with Crippen LogP contribution in [-0.4, -0.2) is 46.3 Å². The minimum atomic E-state index is -0.0604. The van der Waals surface area contributed by atoms with Crippen LogP contribution in [0.1, 0.15) is 16.2 Å². The third-order valence-corrected chi connectivity index (χ3v) is 4.93. The summed E-state index contributed by atoms with van der Waals surface area (Å²) in [5.74, 6) is 0.723. The second-order valence-electron chi connectivity index (χ2n) is 5.03. The number of hydrogen-bond acceptors (Lipinski definition) is 5. The molecule has 1 amide bonds. The van der Waals surface area contributed by atoms with E-state index in [-0.39, 0.29) is 5.91 Å². The summed E-state index contributed by atoms with van der Waals surface area (Å²) in [5, 5.41) is 1.83. The van der Waals surface area contributed by atoms with Crippen LogP contribution >= 0.6 is 34.7 Å². The molecule has 0 atom stereocenters. The number of aromatic nitrogens is 2. The molecule has 1 aromatic heterocycles. The van der Waals surface area contributed by atoms with Gasteiger partial charge in [0, 0.05) is 42.7 Å². The Morgan fingerprint density at radius 1 is 1.23 bits per heavy atom. The van der Waals surface area contributed by atoms with Crippen molar-refractivity contribution in [2.75, 3.05) is 31.1 Å². The van der Waals surface area contributed by atoms with Gasteiger partial charge in [-0.3, -0.25) is 4.79 Å². The first-order chi connectivity index (χ1) is 10.5. The molecule has 0 radical (unpaired) electrons. The van der Waals surface area contributed by atoms with Crippen LogP contribution in [-0.2, 0) is 0 Å². The highest BCUT2D eigenvalue weighted by atomic mass is 35.5. The van der Waals surface area contributed by atoms with Crippen LogP contribution in [0.5, 0.6) is 0 Å². The molecular weight excluding hydrogens is 343 g/mol. The Balaban J connectivity index is 1.67. The van der Waals surface area contributed by atoms with E-state index in [9.17, 15) is 4.79 Å². The molecule has 116 valence electrons. The van der Waals surface area contributed by atoms with Gasteiger partial charge in [0.2, 0.25) is 5.13 Å². The van der Waals surface area contributed by atoms with E-state index < -0.39 is 0 Å². The Bertz CT molecular complexity index is 698. The van der Waals surface area contributed by atoms with E-state index in [1.54, 1.807) is 23.1 Å². The standard InChI is InChI=1S/C14H14Cl2N4OS/c1-9-17-14(22-18-9)20-6-4-19(5-7-20)13(21)11-3-2-10(15)8-12(11)16/h2-3,8H,4-7H2,1H3. The van der Waals surface area contributed by atoms with E-state index >= 15 is 0 Å². The number of hydrogen-bond donors (Lipinski definition) is 0. The van der Waals surface area contributed by atoms with Gasteiger partial charge in [0.05, 0.1) is 10.6 Å². The van der Waals surface area contributed by atoms with Crippen molar-refractivity contribution < 1.29 is 4.79 Å². The van der Waals surface area contributed by atoms with E-state index in [1.165, 1.54) is 11.5 Å². The Morgan fingerprint density at radius 3 is 2.55 bits per heavy atom. The molecule has 1 fully saturated rings. The van der Waals surface area contributed by atoms with Gasteiger partial charge >= 0.3 is 0 Å². The molecule has 1 aliphatic heterocycles. The van der Waals surface area contributed by atoms with E-state index in [2.05, 4.69) is 14.3 Å². The van der Waals surface area contributed by atoms with Gasteiger partial charge in [-0.25, -0.2) is 4.98 Å². The van der Waals surface area contributed by atoms with Crippen LogP contribution in [0.4, 0.5) is 5.13 Å². The van der Waals surface area contributed by atoms with Crippen molar-refractivity contribution in [1.82, 2.24) is 14.3 Å². The van der Waals surface area contributed by atoms with Gasteiger partial charge in [-0.1, -0.05) is 23.2 Å². The molecule has 1 aromatic carbocycles. The van der Waals surface area contributed by atoms with Crippen LogP contribution in [0.2, 0.25) is 10.0 Å². The fourth-order valence-electron chi connectivity index (χ4n) is 2.35. The predicted molar refractivity (Wildman–Crippen MR) is 89.2 cm³/mol. The molecule has 8 heteroatoms. The molecule has 0 aliphatic carbocycles. The maximum absolute atomic E-state index is 12.5. The molecule has 0 unspecified atom stereocenters. The first-order valence-electron chi connectivity index (χ1n) is 6.84. The number of nitrogens with zero attached hydrogens (tertiary/aromatic N) is 4. The van der Waals surface area contributed by atoms with Crippen LogP contribution in [0, 0.1) is 6.92 Å². The van der Waals surface area contributed by atoms with Crippen LogP contribution in [0.25, 0.3) is 0 Å². The molecule has 2 heterocycles. The van der Waals surface area contributed by atoms with Gasteiger partial charge in [0.15, 0.2) is 0 Å². The third kappa shape index (κ3) is 3.19. The summed E-state index contributed by atoms with van der Waals surface area (Å²) in [6.45, 7) is 4.63. The molecule has 0 N–H and O–H groups in total. The van der Waals surface area contributed by atoms with Gasteiger partial charge < -0.3 is 9.80 Å². The van der Waals surface area contributed by atoms with Gasteiger partial charge in [0.25, 0.3) is 5.91 Å². The van der Waals surface area contributed by atoms with Crippen molar-refractivity contribution in [3.8, 4) is 0 Å². The van der Waals surface area contributed by atoms with Crippen molar-refractivity contribution in [3.05, 3.63) is 39.6 Å². The Labute approximate surface area is 142 Å². The number of carbonyl (C=O) groups excluding carboxylic acids is 1. The van der Waals surface area contributed by atoms with E-state index in [0.717, 1.165) is 24.0 Å². The number of benzene rings is 1. The Kier molecular flexibility index (Phi) is 4.52. The number of aryl methyl sites for hydroxylation is 1. The average molecular weight is 357 g/mol. The smallest absolute Gasteiger partial charge is 0.255 e. The molecule has 3 rings (SSSR count). The zero-order chi connectivity index (χ0) is 15.7. The quantitative estimate of drug-likeness (QED) is 0.829. The van der Waals surface area contributed by atoms with Crippen LogP contribution < -0.4 is 4.90 Å². The monoisotopic (exact) mass is 356 g/mol. The van der Waals surface area contributed by atoms with Crippen molar-refractivity contribution in [1.29, 1.82) is 0 Å². The predicted octanol–water partition coefficient (Wildman–Crippen LogP) is 3.12. The molecule has 0 saturated carbocycles. The normalized spacial score (nSPS) is 15.2. The second-order valence-corrected chi connectivity index (χ2v) is 6.60. The van der Waals surface area contributed by atoms with Crippen LogP contribution in [0.15, 0.2) is 18.2 Å². The number of amides is 1. The summed E-state index contributed by atoms with van der Waals surface area (Å²) >= 11 is 13.4. The molecule has 1 saturated heterocycles. The lowest BCUT2D eigenvalue weighted by Gasteiger charge is -2.34. The largest absolute Gasteiger partial charge is 0.343 e. The molecule has 1 aliphatic rings. The van der Waals surface area contributed by atoms with Crippen molar-refractivity contribution >= 4 is 45.8 Å². The topological polar surface area (TPSA) is 49.3 Å². The van der Waals surface area contributed by atoms with Gasteiger partial charge in [-0.15, -0.1) is 0 Å². The lowest BCUT2D eigenvalue weighted by atomic mass is 10.2. The lowest BCUT2D eigenvalue weighted by molar-refractivity contribution is 0.0747. The van der Waals surface area contributed by atoms with E-state index in [4.69, 9.17) is 23.2 Å². The summed E-state index contributed by atoms with van der Waals surface area (Å²) in [6.07, 6.45) is 0. The molecule has 0 spiro atoms.